The van der Waals surface area contributed by atoms with Gasteiger partial charge in [-0.3, -0.25) is 4.79 Å². The van der Waals surface area contributed by atoms with E-state index in [4.69, 9.17) is 0 Å². The molecule has 2 atom stereocenters. The molecule has 1 aromatic rings. The molecular formula is C17H26N2O. The van der Waals surface area contributed by atoms with Crippen LogP contribution in [-0.2, 0) is 4.79 Å². The normalized spacial score (nSPS) is 20.4. The summed E-state index contributed by atoms with van der Waals surface area (Å²) in [7, 11) is 0. The van der Waals surface area contributed by atoms with Gasteiger partial charge in [0.1, 0.15) is 0 Å². The summed E-state index contributed by atoms with van der Waals surface area (Å²) in [6, 6.07) is 10.9. The number of hydrogen-bond donors (Lipinski definition) is 1. The van der Waals surface area contributed by atoms with E-state index in [0.717, 1.165) is 38.9 Å². The van der Waals surface area contributed by atoms with Crippen molar-refractivity contribution in [3.63, 3.8) is 0 Å². The molecule has 1 saturated heterocycles. The fraction of sp³-hybridized carbons (Fsp3) is 0.588. The van der Waals surface area contributed by atoms with Crippen molar-refractivity contribution in [1.82, 2.24) is 10.2 Å². The van der Waals surface area contributed by atoms with E-state index in [-0.39, 0.29) is 0 Å². The smallest absolute Gasteiger partial charge is 0.222 e. The third kappa shape index (κ3) is 3.83. The summed E-state index contributed by atoms with van der Waals surface area (Å²) in [4.78, 5) is 14.2. The van der Waals surface area contributed by atoms with E-state index in [2.05, 4.69) is 48.3 Å². The lowest BCUT2D eigenvalue weighted by Gasteiger charge is -2.28. The highest BCUT2D eigenvalue weighted by atomic mass is 16.2. The molecule has 0 unspecified atom stereocenters. The summed E-state index contributed by atoms with van der Waals surface area (Å²) in [6.07, 6.45) is 2.81. The Morgan fingerprint density at radius 1 is 1.35 bits per heavy atom. The van der Waals surface area contributed by atoms with Crippen LogP contribution in [0.25, 0.3) is 0 Å². The van der Waals surface area contributed by atoms with Gasteiger partial charge < -0.3 is 10.2 Å². The van der Waals surface area contributed by atoms with Crippen molar-refractivity contribution < 1.29 is 4.79 Å². The first-order valence-electron chi connectivity index (χ1n) is 7.77. The highest BCUT2D eigenvalue weighted by Gasteiger charge is 2.31. The van der Waals surface area contributed by atoms with Crippen LogP contribution in [0.15, 0.2) is 30.3 Å². The third-order valence-corrected chi connectivity index (χ3v) is 4.20. The van der Waals surface area contributed by atoms with Gasteiger partial charge >= 0.3 is 0 Å². The van der Waals surface area contributed by atoms with Gasteiger partial charge in [-0.15, -0.1) is 0 Å². The molecule has 1 aromatic carbocycles. The first-order valence-corrected chi connectivity index (χ1v) is 7.77. The molecule has 3 heteroatoms. The van der Waals surface area contributed by atoms with Gasteiger partial charge in [-0.05, 0) is 37.4 Å². The average molecular weight is 274 g/mol. The molecule has 1 heterocycles. The molecule has 2 rings (SSSR count). The van der Waals surface area contributed by atoms with E-state index in [1.54, 1.807) is 0 Å². The van der Waals surface area contributed by atoms with Crippen LogP contribution in [-0.4, -0.2) is 36.5 Å². The first kappa shape index (κ1) is 15.0. The number of nitrogens with one attached hydrogen (secondary N) is 1. The summed E-state index contributed by atoms with van der Waals surface area (Å²) >= 11 is 0. The van der Waals surface area contributed by atoms with Crippen LogP contribution in [0.4, 0.5) is 0 Å². The Labute approximate surface area is 122 Å². The largest absolute Gasteiger partial charge is 0.339 e. The minimum Gasteiger partial charge on any atom is -0.339 e. The van der Waals surface area contributed by atoms with Gasteiger partial charge in [-0.2, -0.15) is 0 Å². The third-order valence-electron chi connectivity index (χ3n) is 4.20. The molecule has 3 nitrogen and oxygen atoms in total. The summed E-state index contributed by atoms with van der Waals surface area (Å²) in [5.41, 5.74) is 1.32. The van der Waals surface area contributed by atoms with Crippen LogP contribution in [0.5, 0.6) is 0 Å². The molecule has 1 N–H and O–H groups in total. The zero-order valence-corrected chi connectivity index (χ0v) is 12.6. The number of benzene rings is 1. The predicted molar refractivity (Wildman–Crippen MR) is 82.8 cm³/mol. The van der Waals surface area contributed by atoms with Crippen molar-refractivity contribution in [2.75, 3.05) is 19.6 Å². The number of carbonyl (C=O) groups excluding carboxylic acids is 1. The van der Waals surface area contributed by atoms with Crippen LogP contribution in [0.1, 0.15) is 44.6 Å². The number of nitrogens with zero attached hydrogens (tertiary/aromatic N) is 1. The SMILES string of the molecule is CCNCC[C@@H]1CCC(=O)N1C[C@H](C)c1ccccc1. The Kier molecular flexibility index (Phi) is 5.60. The van der Waals surface area contributed by atoms with Crippen molar-refractivity contribution in [1.29, 1.82) is 0 Å². The van der Waals surface area contributed by atoms with Crippen LogP contribution < -0.4 is 5.32 Å². The van der Waals surface area contributed by atoms with Crippen LogP contribution in [0.2, 0.25) is 0 Å². The molecule has 0 radical (unpaired) electrons. The average Bonchev–Trinajstić information content (AvgIpc) is 2.81. The summed E-state index contributed by atoms with van der Waals surface area (Å²) in [6.45, 7) is 7.18. The Morgan fingerprint density at radius 3 is 2.80 bits per heavy atom. The summed E-state index contributed by atoms with van der Waals surface area (Å²) < 4.78 is 0. The highest BCUT2D eigenvalue weighted by molar-refractivity contribution is 5.78. The van der Waals surface area contributed by atoms with Gasteiger partial charge in [0.15, 0.2) is 0 Å². The van der Waals surface area contributed by atoms with Crippen LogP contribution >= 0.6 is 0 Å². The fourth-order valence-electron chi connectivity index (χ4n) is 2.97. The van der Waals surface area contributed by atoms with Gasteiger partial charge in [-0.1, -0.05) is 44.2 Å². The van der Waals surface area contributed by atoms with Gasteiger partial charge in [0, 0.05) is 19.0 Å². The van der Waals surface area contributed by atoms with E-state index in [0.29, 0.717) is 17.9 Å². The highest BCUT2D eigenvalue weighted by Crippen LogP contribution is 2.25. The van der Waals surface area contributed by atoms with Crippen LogP contribution in [0, 0.1) is 0 Å². The minimum absolute atomic E-state index is 0.328. The van der Waals surface area contributed by atoms with Gasteiger partial charge in [0.05, 0.1) is 0 Å². The molecule has 1 aliphatic heterocycles. The Balaban J connectivity index is 1.93. The molecule has 1 fully saturated rings. The molecule has 1 aliphatic rings. The standard InChI is InChI=1S/C17H26N2O/c1-3-18-12-11-16-9-10-17(20)19(16)13-14(2)15-7-5-4-6-8-15/h4-8,14,16,18H,3,9-13H2,1-2H3/t14-,16-/m0/s1. The second-order valence-electron chi connectivity index (χ2n) is 5.69. The number of carbonyl (C=O) groups is 1. The van der Waals surface area contributed by atoms with E-state index >= 15 is 0 Å². The second-order valence-corrected chi connectivity index (χ2v) is 5.69. The molecule has 20 heavy (non-hydrogen) atoms. The fourth-order valence-corrected chi connectivity index (χ4v) is 2.97. The minimum atomic E-state index is 0.328. The van der Waals surface area contributed by atoms with Crippen molar-refractivity contribution in [2.45, 2.75) is 45.1 Å². The maximum absolute atomic E-state index is 12.1. The molecule has 0 aromatic heterocycles. The molecule has 0 spiro atoms. The zero-order chi connectivity index (χ0) is 14.4. The van der Waals surface area contributed by atoms with E-state index in [1.807, 2.05) is 6.07 Å². The van der Waals surface area contributed by atoms with Gasteiger partial charge in [-0.25, -0.2) is 0 Å². The predicted octanol–water partition coefficient (Wildman–Crippen LogP) is 2.78. The quantitative estimate of drug-likeness (QED) is 0.775. The summed E-state index contributed by atoms with van der Waals surface area (Å²) in [5.74, 6) is 0.731. The van der Waals surface area contributed by atoms with Crippen molar-refractivity contribution >= 4 is 5.91 Å². The van der Waals surface area contributed by atoms with Crippen molar-refractivity contribution in [3.8, 4) is 0 Å². The Hall–Kier alpha value is -1.35. The summed E-state index contributed by atoms with van der Waals surface area (Å²) in [5, 5.41) is 3.36. The van der Waals surface area contributed by atoms with Crippen LogP contribution in [0.3, 0.4) is 0 Å². The maximum Gasteiger partial charge on any atom is 0.222 e. The molecule has 110 valence electrons. The molecular weight excluding hydrogens is 248 g/mol. The Morgan fingerprint density at radius 2 is 2.10 bits per heavy atom. The van der Waals surface area contributed by atoms with Gasteiger partial charge in [0.2, 0.25) is 5.91 Å². The lowest BCUT2D eigenvalue weighted by atomic mass is 10.00. The zero-order valence-electron chi connectivity index (χ0n) is 12.6. The Bertz CT molecular complexity index is 418. The molecule has 0 bridgehead atoms. The first-order chi connectivity index (χ1) is 9.72. The van der Waals surface area contributed by atoms with Crippen molar-refractivity contribution in [3.05, 3.63) is 35.9 Å². The van der Waals surface area contributed by atoms with E-state index in [9.17, 15) is 4.79 Å². The number of amides is 1. The van der Waals surface area contributed by atoms with E-state index in [1.165, 1.54) is 5.56 Å². The monoisotopic (exact) mass is 274 g/mol. The molecule has 0 aliphatic carbocycles. The second kappa shape index (κ2) is 7.44. The molecule has 0 saturated carbocycles. The number of likely N-dealkylation sites (tertiary alicyclic amines) is 1. The van der Waals surface area contributed by atoms with E-state index < -0.39 is 0 Å². The van der Waals surface area contributed by atoms with Gasteiger partial charge in [0.25, 0.3) is 0 Å². The van der Waals surface area contributed by atoms with Crippen molar-refractivity contribution in [2.24, 2.45) is 0 Å². The lowest BCUT2D eigenvalue weighted by molar-refractivity contribution is -0.129. The maximum atomic E-state index is 12.1. The topological polar surface area (TPSA) is 32.3 Å². The lowest BCUT2D eigenvalue weighted by Crippen LogP contribution is -2.37. The number of rotatable bonds is 7. The number of hydrogen-bond acceptors (Lipinski definition) is 2. The molecule has 1 amide bonds.